The predicted molar refractivity (Wildman–Crippen MR) is 77.6 cm³/mol. The number of phenols is 1. The summed E-state index contributed by atoms with van der Waals surface area (Å²) in [5, 5.41) is 13.6. The summed E-state index contributed by atoms with van der Waals surface area (Å²) in [6.45, 7) is 3.71. The highest BCUT2D eigenvalue weighted by Crippen LogP contribution is 2.43. The van der Waals surface area contributed by atoms with Crippen LogP contribution in [0.5, 0.6) is 5.75 Å². The van der Waals surface area contributed by atoms with Gasteiger partial charge in [0.15, 0.2) is 0 Å². The molecule has 110 valence electrons. The van der Waals surface area contributed by atoms with Crippen LogP contribution in [0.1, 0.15) is 30.9 Å². The van der Waals surface area contributed by atoms with Crippen molar-refractivity contribution in [2.24, 2.45) is 5.92 Å². The zero-order valence-corrected chi connectivity index (χ0v) is 12.2. The van der Waals surface area contributed by atoms with Crippen LogP contribution >= 0.6 is 11.6 Å². The fraction of sp³-hybridized carbons (Fsp3) is 0.600. The second kappa shape index (κ2) is 5.88. The van der Waals surface area contributed by atoms with Crippen LogP contribution in [-0.4, -0.2) is 36.2 Å². The molecule has 20 heavy (non-hydrogen) atoms. The molecule has 1 heterocycles. The Morgan fingerprint density at radius 1 is 1.35 bits per heavy atom. The Hall–Kier alpha value is -0.840. The average Bonchev–Trinajstić information content (AvgIpc) is 3.25. The molecule has 1 aliphatic heterocycles. The maximum atomic E-state index is 13.7. The molecule has 5 heteroatoms. The van der Waals surface area contributed by atoms with E-state index < -0.39 is 0 Å². The first-order chi connectivity index (χ1) is 9.65. The molecule has 1 aromatic rings. The van der Waals surface area contributed by atoms with Gasteiger partial charge in [0, 0.05) is 37.8 Å². The molecule has 0 unspecified atom stereocenters. The first-order valence-corrected chi connectivity index (χ1v) is 7.65. The van der Waals surface area contributed by atoms with Crippen molar-refractivity contribution in [1.29, 1.82) is 0 Å². The normalized spacial score (nSPS) is 21.9. The molecular weight excluding hydrogens is 279 g/mol. The molecule has 2 fully saturated rings. The van der Waals surface area contributed by atoms with E-state index in [1.54, 1.807) is 0 Å². The van der Waals surface area contributed by atoms with Crippen molar-refractivity contribution in [3.05, 3.63) is 28.5 Å². The van der Waals surface area contributed by atoms with Gasteiger partial charge in [-0.1, -0.05) is 24.4 Å². The summed E-state index contributed by atoms with van der Waals surface area (Å²) in [7, 11) is 0. The fourth-order valence-electron chi connectivity index (χ4n) is 2.98. The molecule has 1 aromatic carbocycles. The lowest BCUT2D eigenvalue weighted by Crippen LogP contribution is -2.45. The minimum Gasteiger partial charge on any atom is -0.506 e. The Labute approximate surface area is 123 Å². The molecule has 0 spiro atoms. The first-order valence-electron chi connectivity index (χ1n) is 7.28. The number of halogens is 2. The van der Waals surface area contributed by atoms with Gasteiger partial charge in [-0.25, -0.2) is 4.39 Å². The van der Waals surface area contributed by atoms with Gasteiger partial charge < -0.3 is 10.4 Å². The number of benzene rings is 1. The smallest absolute Gasteiger partial charge is 0.139 e. The summed E-state index contributed by atoms with van der Waals surface area (Å²) in [6, 6.07) is 2.68. The summed E-state index contributed by atoms with van der Waals surface area (Å²) in [5.74, 6) is 0.368. The van der Waals surface area contributed by atoms with Crippen LogP contribution in [0, 0.1) is 11.7 Å². The van der Waals surface area contributed by atoms with E-state index in [2.05, 4.69) is 10.2 Å². The molecule has 1 atom stereocenters. The lowest BCUT2D eigenvalue weighted by molar-refractivity contribution is 0.158. The second-order valence-corrected chi connectivity index (χ2v) is 6.21. The third-order valence-corrected chi connectivity index (χ3v) is 4.55. The van der Waals surface area contributed by atoms with Crippen LogP contribution in [0.2, 0.25) is 5.02 Å². The van der Waals surface area contributed by atoms with E-state index in [1.807, 2.05) is 0 Å². The Kier molecular flexibility index (Phi) is 4.15. The Balaban J connectivity index is 1.90. The summed E-state index contributed by atoms with van der Waals surface area (Å²) < 4.78 is 13.7. The SMILES string of the molecule is Oc1c(Cl)cc(F)cc1[C@H](CC1CC1)N1CCNCC1. The van der Waals surface area contributed by atoms with Crippen molar-refractivity contribution in [3.8, 4) is 5.75 Å². The standard InChI is InChI=1S/C15H20ClFN2O/c16-13-9-11(17)8-12(15(13)20)14(7-10-1-2-10)19-5-3-18-4-6-19/h8-10,14,18,20H,1-7H2/t14-/m0/s1. The number of aromatic hydroxyl groups is 1. The van der Waals surface area contributed by atoms with Gasteiger partial charge in [-0.3, -0.25) is 4.90 Å². The van der Waals surface area contributed by atoms with Gasteiger partial charge in [-0.05, 0) is 24.5 Å². The second-order valence-electron chi connectivity index (χ2n) is 5.81. The Morgan fingerprint density at radius 3 is 2.70 bits per heavy atom. The minimum atomic E-state index is -0.376. The van der Waals surface area contributed by atoms with E-state index >= 15 is 0 Å². The van der Waals surface area contributed by atoms with E-state index in [0.29, 0.717) is 11.5 Å². The van der Waals surface area contributed by atoms with E-state index in [9.17, 15) is 9.50 Å². The third-order valence-electron chi connectivity index (χ3n) is 4.26. The summed E-state index contributed by atoms with van der Waals surface area (Å²) >= 11 is 5.93. The van der Waals surface area contributed by atoms with E-state index in [-0.39, 0.29) is 22.6 Å². The lowest BCUT2D eigenvalue weighted by atomic mass is 9.97. The molecule has 1 saturated carbocycles. The van der Waals surface area contributed by atoms with Crippen molar-refractivity contribution in [2.45, 2.75) is 25.3 Å². The molecule has 0 radical (unpaired) electrons. The van der Waals surface area contributed by atoms with Gasteiger partial charge in [0.2, 0.25) is 0 Å². The van der Waals surface area contributed by atoms with Crippen LogP contribution in [0.4, 0.5) is 4.39 Å². The maximum absolute atomic E-state index is 13.7. The Bertz CT molecular complexity index is 487. The summed E-state index contributed by atoms with van der Waals surface area (Å²) in [4.78, 5) is 2.33. The zero-order chi connectivity index (χ0) is 14.1. The van der Waals surface area contributed by atoms with Gasteiger partial charge in [-0.15, -0.1) is 0 Å². The van der Waals surface area contributed by atoms with Gasteiger partial charge in [0.05, 0.1) is 5.02 Å². The number of nitrogens with zero attached hydrogens (tertiary/aromatic N) is 1. The molecule has 0 amide bonds. The van der Waals surface area contributed by atoms with Gasteiger partial charge >= 0.3 is 0 Å². The minimum absolute atomic E-state index is 0.0391. The van der Waals surface area contributed by atoms with Gasteiger partial charge in [-0.2, -0.15) is 0 Å². The van der Waals surface area contributed by atoms with Crippen molar-refractivity contribution in [2.75, 3.05) is 26.2 Å². The van der Waals surface area contributed by atoms with Crippen LogP contribution in [-0.2, 0) is 0 Å². The van der Waals surface area contributed by atoms with Gasteiger partial charge in [0.1, 0.15) is 11.6 Å². The number of nitrogens with one attached hydrogen (secondary N) is 1. The molecule has 3 rings (SSSR count). The molecule has 1 saturated heterocycles. The molecule has 0 bridgehead atoms. The Morgan fingerprint density at radius 2 is 2.05 bits per heavy atom. The largest absolute Gasteiger partial charge is 0.506 e. The average molecular weight is 299 g/mol. The zero-order valence-electron chi connectivity index (χ0n) is 11.4. The number of phenolic OH excluding ortho intramolecular Hbond substituents is 1. The van der Waals surface area contributed by atoms with Gasteiger partial charge in [0.25, 0.3) is 0 Å². The van der Waals surface area contributed by atoms with Crippen LogP contribution in [0.25, 0.3) is 0 Å². The predicted octanol–water partition coefficient (Wildman–Crippen LogP) is 2.93. The van der Waals surface area contributed by atoms with Crippen LogP contribution in [0.3, 0.4) is 0 Å². The number of piperazine rings is 1. The topological polar surface area (TPSA) is 35.5 Å². The van der Waals surface area contributed by atoms with Crippen LogP contribution in [0.15, 0.2) is 12.1 Å². The molecule has 2 aliphatic rings. The highest BCUT2D eigenvalue weighted by Gasteiger charge is 2.32. The molecule has 3 nitrogen and oxygen atoms in total. The van der Waals surface area contributed by atoms with E-state index in [4.69, 9.17) is 11.6 Å². The highest BCUT2D eigenvalue weighted by molar-refractivity contribution is 6.32. The molecular formula is C15H20ClFN2O. The monoisotopic (exact) mass is 298 g/mol. The van der Waals surface area contributed by atoms with Crippen molar-refractivity contribution in [1.82, 2.24) is 10.2 Å². The number of rotatable bonds is 4. The summed E-state index contributed by atoms with van der Waals surface area (Å²) in [5.41, 5.74) is 0.642. The number of hydrogen-bond acceptors (Lipinski definition) is 3. The quantitative estimate of drug-likeness (QED) is 0.897. The van der Waals surface area contributed by atoms with E-state index in [1.165, 1.54) is 25.0 Å². The lowest BCUT2D eigenvalue weighted by Gasteiger charge is -2.35. The van der Waals surface area contributed by atoms with Crippen LogP contribution < -0.4 is 5.32 Å². The van der Waals surface area contributed by atoms with Crippen molar-refractivity contribution >= 4 is 11.6 Å². The third kappa shape index (κ3) is 3.08. The highest BCUT2D eigenvalue weighted by atomic mass is 35.5. The van der Waals surface area contributed by atoms with Crippen molar-refractivity contribution < 1.29 is 9.50 Å². The fourth-order valence-corrected chi connectivity index (χ4v) is 3.19. The van der Waals surface area contributed by atoms with Crippen molar-refractivity contribution in [3.63, 3.8) is 0 Å². The molecule has 1 aliphatic carbocycles. The summed E-state index contributed by atoms with van der Waals surface area (Å²) in [6.07, 6.45) is 3.46. The number of hydrogen-bond donors (Lipinski definition) is 2. The maximum Gasteiger partial charge on any atom is 0.139 e. The first kappa shape index (κ1) is 14.1. The van der Waals surface area contributed by atoms with E-state index in [0.717, 1.165) is 32.6 Å². The molecule has 2 N–H and O–H groups in total. The molecule has 0 aromatic heterocycles.